The van der Waals surface area contributed by atoms with Crippen LogP contribution in [0.2, 0.25) is 0 Å². The Morgan fingerprint density at radius 3 is 2.53 bits per heavy atom. The van der Waals surface area contributed by atoms with Crippen molar-refractivity contribution >= 4 is 5.82 Å². The number of rotatable bonds is 2. The second-order valence-electron chi connectivity index (χ2n) is 3.87. The predicted octanol–water partition coefficient (Wildman–Crippen LogP) is 1.45. The molecule has 0 unspecified atom stereocenters. The maximum absolute atomic E-state index is 6.02. The number of imidazole rings is 2. The highest BCUT2D eigenvalue weighted by molar-refractivity contribution is 5.67. The summed E-state index contributed by atoms with van der Waals surface area (Å²) >= 11 is 0. The molecule has 0 aliphatic carbocycles. The molecule has 0 bridgehead atoms. The predicted molar refractivity (Wildman–Crippen MR) is 59.2 cm³/mol. The summed E-state index contributed by atoms with van der Waals surface area (Å²) in [6.07, 6.45) is 5.27. The van der Waals surface area contributed by atoms with Gasteiger partial charge in [0, 0.05) is 13.1 Å². The van der Waals surface area contributed by atoms with Gasteiger partial charge >= 0.3 is 0 Å². The Kier molecular flexibility index (Phi) is 2.22. The third-order valence-electron chi connectivity index (χ3n) is 2.45. The van der Waals surface area contributed by atoms with Crippen LogP contribution in [-0.4, -0.2) is 19.1 Å². The summed E-state index contributed by atoms with van der Waals surface area (Å²) < 4.78 is 3.85. The molecule has 5 nitrogen and oxygen atoms in total. The van der Waals surface area contributed by atoms with Crippen molar-refractivity contribution in [2.45, 2.75) is 19.9 Å². The van der Waals surface area contributed by atoms with Crippen LogP contribution in [0.3, 0.4) is 0 Å². The highest BCUT2D eigenvalue weighted by Gasteiger charge is 2.13. The Bertz CT molecular complexity index is 466. The van der Waals surface area contributed by atoms with E-state index >= 15 is 0 Å². The zero-order valence-corrected chi connectivity index (χ0v) is 9.18. The molecule has 0 radical (unpaired) electrons. The fraction of sp³-hybridized carbons (Fsp3) is 0.400. The molecule has 0 aromatic carbocycles. The van der Waals surface area contributed by atoms with Crippen LogP contribution >= 0.6 is 0 Å². The Hall–Kier alpha value is -1.78. The molecule has 0 fully saturated rings. The maximum atomic E-state index is 6.02. The summed E-state index contributed by atoms with van der Waals surface area (Å²) in [5, 5.41) is 0. The van der Waals surface area contributed by atoms with E-state index in [2.05, 4.69) is 23.8 Å². The van der Waals surface area contributed by atoms with E-state index < -0.39 is 0 Å². The molecule has 0 saturated carbocycles. The van der Waals surface area contributed by atoms with Crippen molar-refractivity contribution in [3.05, 3.63) is 18.9 Å². The summed E-state index contributed by atoms with van der Waals surface area (Å²) in [5.74, 6) is 0.689. The Morgan fingerprint density at radius 2 is 2.07 bits per heavy atom. The molecule has 80 valence electrons. The number of anilines is 1. The van der Waals surface area contributed by atoms with Gasteiger partial charge in [0.05, 0.1) is 24.5 Å². The summed E-state index contributed by atoms with van der Waals surface area (Å²) in [5.41, 5.74) is 7.76. The number of nitrogen functional groups attached to an aromatic ring is 1. The van der Waals surface area contributed by atoms with E-state index in [9.17, 15) is 0 Å². The van der Waals surface area contributed by atoms with Crippen LogP contribution in [0.15, 0.2) is 18.9 Å². The van der Waals surface area contributed by atoms with Crippen molar-refractivity contribution in [1.29, 1.82) is 0 Å². The second kappa shape index (κ2) is 3.42. The van der Waals surface area contributed by atoms with Crippen LogP contribution in [0.1, 0.15) is 19.9 Å². The molecule has 2 rings (SSSR count). The van der Waals surface area contributed by atoms with Crippen molar-refractivity contribution < 1.29 is 0 Å². The van der Waals surface area contributed by atoms with Crippen molar-refractivity contribution in [2.75, 3.05) is 5.73 Å². The van der Waals surface area contributed by atoms with Crippen LogP contribution < -0.4 is 5.73 Å². The van der Waals surface area contributed by atoms with Crippen molar-refractivity contribution in [1.82, 2.24) is 19.1 Å². The average molecular weight is 205 g/mol. The summed E-state index contributed by atoms with van der Waals surface area (Å²) in [6.45, 7) is 4.15. The van der Waals surface area contributed by atoms with E-state index in [1.807, 2.05) is 16.2 Å². The van der Waals surface area contributed by atoms with Crippen LogP contribution in [-0.2, 0) is 7.05 Å². The standard InChI is InChI=1S/C10H15N5/c1-7(2)15-6-13-9(10(15)11)8-4-12-5-14(8)3/h4-7H,11H2,1-3H3. The van der Waals surface area contributed by atoms with E-state index in [1.165, 1.54) is 0 Å². The lowest BCUT2D eigenvalue weighted by Crippen LogP contribution is -2.04. The molecule has 2 aromatic heterocycles. The number of nitrogens with zero attached hydrogens (tertiary/aromatic N) is 4. The van der Waals surface area contributed by atoms with Crippen LogP contribution in [0.4, 0.5) is 5.82 Å². The van der Waals surface area contributed by atoms with Crippen molar-refractivity contribution in [3.63, 3.8) is 0 Å². The van der Waals surface area contributed by atoms with Gasteiger partial charge < -0.3 is 14.9 Å². The zero-order valence-electron chi connectivity index (χ0n) is 9.18. The number of nitrogens with two attached hydrogens (primary N) is 1. The molecular weight excluding hydrogens is 190 g/mol. The number of aryl methyl sites for hydroxylation is 1. The van der Waals surface area contributed by atoms with Gasteiger partial charge in [0.25, 0.3) is 0 Å². The minimum atomic E-state index is 0.319. The first-order valence-corrected chi connectivity index (χ1v) is 4.90. The quantitative estimate of drug-likeness (QED) is 0.807. The van der Waals surface area contributed by atoms with Gasteiger partial charge in [-0.15, -0.1) is 0 Å². The molecule has 2 aromatic rings. The molecule has 0 aliphatic heterocycles. The van der Waals surface area contributed by atoms with Gasteiger partial charge in [0.1, 0.15) is 11.5 Å². The lowest BCUT2D eigenvalue weighted by Gasteiger charge is -2.08. The number of hydrogen-bond acceptors (Lipinski definition) is 3. The molecule has 0 saturated heterocycles. The highest BCUT2D eigenvalue weighted by Crippen LogP contribution is 2.25. The van der Waals surface area contributed by atoms with E-state index in [4.69, 9.17) is 5.73 Å². The Labute approximate surface area is 88.6 Å². The highest BCUT2D eigenvalue weighted by atomic mass is 15.1. The molecule has 2 N–H and O–H groups in total. The SMILES string of the molecule is CC(C)n1cnc(-c2cncn2C)c1N. The van der Waals surface area contributed by atoms with Gasteiger partial charge in [-0.25, -0.2) is 9.97 Å². The van der Waals surface area contributed by atoms with Gasteiger partial charge in [0.15, 0.2) is 0 Å². The lowest BCUT2D eigenvalue weighted by atomic mass is 10.3. The third kappa shape index (κ3) is 1.49. The van der Waals surface area contributed by atoms with Crippen LogP contribution in [0.5, 0.6) is 0 Å². The minimum absolute atomic E-state index is 0.319. The number of hydrogen-bond donors (Lipinski definition) is 1. The molecule has 0 amide bonds. The van der Waals surface area contributed by atoms with E-state index in [0.29, 0.717) is 11.9 Å². The van der Waals surface area contributed by atoms with Crippen LogP contribution in [0, 0.1) is 0 Å². The molecule has 2 heterocycles. The first kappa shape index (κ1) is 9.76. The first-order chi connectivity index (χ1) is 7.11. The van der Waals surface area contributed by atoms with Gasteiger partial charge in [-0.3, -0.25) is 0 Å². The molecular formula is C10H15N5. The molecule has 0 atom stereocenters. The lowest BCUT2D eigenvalue weighted by molar-refractivity contribution is 0.607. The van der Waals surface area contributed by atoms with E-state index in [1.54, 1.807) is 18.9 Å². The number of aromatic nitrogens is 4. The van der Waals surface area contributed by atoms with E-state index in [-0.39, 0.29) is 0 Å². The van der Waals surface area contributed by atoms with E-state index in [0.717, 1.165) is 11.4 Å². The zero-order chi connectivity index (χ0) is 11.0. The largest absolute Gasteiger partial charge is 0.383 e. The molecule has 0 spiro atoms. The van der Waals surface area contributed by atoms with Crippen molar-refractivity contribution in [2.24, 2.45) is 7.05 Å². The minimum Gasteiger partial charge on any atom is -0.383 e. The van der Waals surface area contributed by atoms with Crippen LogP contribution in [0.25, 0.3) is 11.4 Å². The molecule has 0 aliphatic rings. The van der Waals surface area contributed by atoms with Gasteiger partial charge in [-0.2, -0.15) is 0 Å². The summed E-state index contributed by atoms with van der Waals surface area (Å²) in [7, 11) is 1.93. The van der Waals surface area contributed by atoms with Gasteiger partial charge in [-0.1, -0.05) is 0 Å². The Balaban J connectivity index is 2.51. The summed E-state index contributed by atoms with van der Waals surface area (Å²) in [6, 6.07) is 0.319. The van der Waals surface area contributed by atoms with Gasteiger partial charge in [0.2, 0.25) is 0 Å². The fourth-order valence-electron chi connectivity index (χ4n) is 1.56. The normalized spacial score (nSPS) is 11.2. The summed E-state index contributed by atoms with van der Waals surface area (Å²) in [4.78, 5) is 8.37. The Morgan fingerprint density at radius 1 is 1.33 bits per heavy atom. The average Bonchev–Trinajstić information content (AvgIpc) is 2.71. The topological polar surface area (TPSA) is 61.7 Å². The van der Waals surface area contributed by atoms with Crippen molar-refractivity contribution in [3.8, 4) is 11.4 Å². The monoisotopic (exact) mass is 205 g/mol. The maximum Gasteiger partial charge on any atom is 0.133 e. The second-order valence-corrected chi connectivity index (χ2v) is 3.87. The van der Waals surface area contributed by atoms with Gasteiger partial charge in [-0.05, 0) is 13.8 Å². The first-order valence-electron chi connectivity index (χ1n) is 4.90. The third-order valence-corrected chi connectivity index (χ3v) is 2.45. The molecule has 5 heteroatoms. The molecule has 15 heavy (non-hydrogen) atoms. The smallest absolute Gasteiger partial charge is 0.133 e. The fourth-order valence-corrected chi connectivity index (χ4v) is 1.56.